The molecule has 0 aliphatic carbocycles. The van der Waals surface area contributed by atoms with Gasteiger partial charge in [0.05, 0.1) is 5.52 Å². The molecule has 1 saturated heterocycles. The van der Waals surface area contributed by atoms with Crippen LogP contribution in [0.25, 0.3) is 10.9 Å². The Morgan fingerprint density at radius 3 is 2.44 bits per heavy atom. The maximum absolute atomic E-state index is 13.3. The summed E-state index contributed by atoms with van der Waals surface area (Å²) in [5.41, 5.74) is 0.329. The van der Waals surface area contributed by atoms with Crippen LogP contribution in [0, 0.1) is 11.6 Å². The van der Waals surface area contributed by atoms with Crippen molar-refractivity contribution in [3.8, 4) is 0 Å². The SMILES string of the molecule is Fc1cc2nc(Cl)nc(N3CCCC3)c2cc1F. The van der Waals surface area contributed by atoms with E-state index in [1.807, 2.05) is 4.90 Å². The second-order valence-corrected chi connectivity index (χ2v) is 4.63. The summed E-state index contributed by atoms with van der Waals surface area (Å²) in [5, 5.41) is 0.551. The van der Waals surface area contributed by atoms with Gasteiger partial charge in [-0.2, -0.15) is 4.98 Å². The van der Waals surface area contributed by atoms with E-state index >= 15 is 0 Å². The Balaban J connectivity index is 2.25. The maximum atomic E-state index is 13.3. The average Bonchev–Trinajstić information content (AvgIpc) is 2.84. The predicted octanol–water partition coefficient (Wildman–Crippen LogP) is 3.16. The Labute approximate surface area is 107 Å². The average molecular weight is 270 g/mol. The topological polar surface area (TPSA) is 29.0 Å². The van der Waals surface area contributed by atoms with Crippen LogP contribution in [-0.4, -0.2) is 23.1 Å². The van der Waals surface area contributed by atoms with Gasteiger partial charge in [0.15, 0.2) is 11.6 Å². The lowest BCUT2D eigenvalue weighted by Crippen LogP contribution is -2.19. The molecule has 94 valence electrons. The van der Waals surface area contributed by atoms with Gasteiger partial charge in [-0.25, -0.2) is 13.8 Å². The van der Waals surface area contributed by atoms with E-state index in [1.54, 1.807) is 0 Å². The predicted molar refractivity (Wildman–Crippen MR) is 65.9 cm³/mol. The third-order valence-electron chi connectivity index (χ3n) is 3.10. The Morgan fingerprint density at radius 1 is 1.06 bits per heavy atom. The van der Waals surface area contributed by atoms with Crippen LogP contribution < -0.4 is 4.90 Å². The van der Waals surface area contributed by atoms with E-state index in [2.05, 4.69) is 9.97 Å². The number of anilines is 1. The number of aromatic nitrogens is 2. The van der Waals surface area contributed by atoms with Gasteiger partial charge in [-0.15, -0.1) is 0 Å². The molecule has 0 saturated carbocycles. The first-order chi connectivity index (χ1) is 8.65. The van der Waals surface area contributed by atoms with Crippen LogP contribution in [0.2, 0.25) is 5.28 Å². The molecule has 6 heteroatoms. The molecule has 1 aromatic heterocycles. The van der Waals surface area contributed by atoms with Gasteiger partial charge in [0.2, 0.25) is 5.28 Å². The molecule has 0 N–H and O–H groups in total. The van der Waals surface area contributed by atoms with E-state index in [0.717, 1.165) is 38.1 Å². The molecule has 3 nitrogen and oxygen atoms in total. The molecule has 1 aliphatic heterocycles. The molecular formula is C12H10ClF2N3. The first kappa shape index (κ1) is 11.6. The van der Waals surface area contributed by atoms with E-state index in [1.165, 1.54) is 0 Å². The normalized spacial score (nSPS) is 15.6. The number of fused-ring (bicyclic) bond motifs is 1. The highest BCUT2D eigenvalue weighted by Crippen LogP contribution is 2.29. The third kappa shape index (κ3) is 1.88. The monoisotopic (exact) mass is 269 g/mol. The van der Waals surface area contributed by atoms with Crippen LogP contribution in [0.5, 0.6) is 0 Å². The van der Waals surface area contributed by atoms with Gasteiger partial charge in [-0.05, 0) is 30.5 Å². The smallest absolute Gasteiger partial charge is 0.224 e. The lowest BCUT2D eigenvalue weighted by molar-refractivity contribution is 0.510. The summed E-state index contributed by atoms with van der Waals surface area (Å²) in [6, 6.07) is 2.19. The lowest BCUT2D eigenvalue weighted by Gasteiger charge is -2.18. The van der Waals surface area contributed by atoms with Crippen molar-refractivity contribution in [1.29, 1.82) is 0 Å². The highest BCUT2D eigenvalue weighted by atomic mass is 35.5. The molecule has 0 atom stereocenters. The summed E-state index contributed by atoms with van der Waals surface area (Å²) < 4.78 is 26.5. The molecule has 18 heavy (non-hydrogen) atoms. The number of halogens is 3. The highest BCUT2D eigenvalue weighted by Gasteiger charge is 2.19. The molecule has 0 unspecified atom stereocenters. The zero-order valence-electron chi connectivity index (χ0n) is 9.46. The van der Waals surface area contributed by atoms with Crippen LogP contribution in [0.15, 0.2) is 12.1 Å². The van der Waals surface area contributed by atoms with Crippen molar-refractivity contribution in [3.05, 3.63) is 29.1 Å². The summed E-state index contributed by atoms with van der Waals surface area (Å²) >= 11 is 5.83. The van der Waals surface area contributed by atoms with Crippen LogP contribution in [0.1, 0.15) is 12.8 Å². The fraction of sp³-hybridized carbons (Fsp3) is 0.333. The molecule has 2 aromatic rings. The first-order valence-corrected chi connectivity index (χ1v) is 6.10. The first-order valence-electron chi connectivity index (χ1n) is 5.72. The molecule has 1 fully saturated rings. The van der Waals surface area contributed by atoms with E-state index in [9.17, 15) is 8.78 Å². The molecule has 3 rings (SSSR count). The van der Waals surface area contributed by atoms with Crippen molar-refractivity contribution in [3.63, 3.8) is 0 Å². The summed E-state index contributed by atoms with van der Waals surface area (Å²) in [5.74, 6) is -1.24. The van der Waals surface area contributed by atoms with Gasteiger partial charge in [0.1, 0.15) is 5.82 Å². The fourth-order valence-corrected chi connectivity index (χ4v) is 2.42. The number of benzene rings is 1. The van der Waals surface area contributed by atoms with E-state index in [4.69, 9.17) is 11.6 Å². The van der Waals surface area contributed by atoms with Crippen molar-refractivity contribution in [2.75, 3.05) is 18.0 Å². The second-order valence-electron chi connectivity index (χ2n) is 4.29. The highest BCUT2D eigenvalue weighted by molar-refractivity contribution is 6.28. The van der Waals surface area contributed by atoms with Gasteiger partial charge in [0.25, 0.3) is 0 Å². The number of hydrogen-bond acceptors (Lipinski definition) is 3. The maximum Gasteiger partial charge on any atom is 0.224 e. The molecule has 0 amide bonds. The van der Waals surface area contributed by atoms with Crippen molar-refractivity contribution in [1.82, 2.24) is 9.97 Å². The Kier molecular flexibility index (Phi) is 2.78. The van der Waals surface area contributed by atoms with E-state index in [-0.39, 0.29) is 5.28 Å². The Hall–Kier alpha value is -1.49. The van der Waals surface area contributed by atoms with Gasteiger partial charge in [-0.1, -0.05) is 0 Å². The number of hydrogen-bond donors (Lipinski definition) is 0. The van der Waals surface area contributed by atoms with Crippen LogP contribution in [0.4, 0.5) is 14.6 Å². The minimum atomic E-state index is -0.926. The summed E-state index contributed by atoms with van der Waals surface area (Å²) in [6.07, 6.45) is 2.12. The molecule has 0 bridgehead atoms. The molecule has 1 aromatic carbocycles. The molecule has 2 heterocycles. The van der Waals surface area contributed by atoms with Crippen molar-refractivity contribution >= 4 is 28.3 Å². The van der Waals surface area contributed by atoms with Gasteiger partial charge in [-0.3, -0.25) is 0 Å². The van der Waals surface area contributed by atoms with Crippen LogP contribution in [-0.2, 0) is 0 Å². The zero-order valence-corrected chi connectivity index (χ0v) is 10.2. The summed E-state index contributed by atoms with van der Waals surface area (Å²) in [4.78, 5) is 10.1. The summed E-state index contributed by atoms with van der Waals surface area (Å²) in [7, 11) is 0. The van der Waals surface area contributed by atoms with Crippen LogP contribution >= 0.6 is 11.6 Å². The minimum absolute atomic E-state index is 0.0513. The third-order valence-corrected chi connectivity index (χ3v) is 3.27. The fourth-order valence-electron chi connectivity index (χ4n) is 2.25. The quantitative estimate of drug-likeness (QED) is 0.745. The Bertz CT molecular complexity index is 612. The van der Waals surface area contributed by atoms with Gasteiger partial charge >= 0.3 is 0 Å². The molecule has 0 radical (unpaired) electrons. The second kappa shape index (κ2) is 4.31. The molecule has 0 spiro atoms. The van der Waals surface area contributed by atoms with Crippen molar-refractivity contribution in [2.24, 2.45) is 0 Å². The Morgan fingerprint density at radius 2 is 1.72 bits per heavy atom. The minimum Gasteiger partial charge on any atom is -0.356 e. The zero-order chi connectivity index (χ0) is 12.7. The van der Waals surface area contributed by atoms with E-state index in [0.29, 0.717) is 16.7 Å². The van der Waals surface area contributed by atoms with Crippen molar-refractivity contribution < 1.29 is 8.78 Å². The van der Waals surface area contributed by atoms with Crippen LogP contribution in [0.3, 0.4) is 0 Å². The largest absolute Gasteiger partial charge is 0.356 e. The van der Waals surface area contributed by atoms with Gasteiger partial charge < -0.3 is 4.90 Å². The number of nitrogens with zero attached hydrogens (tertiary/aromatic N) is 3. The lowest BCUT2D eigenvalue weighted by atomic mass is 10.2. The van der Waals surface area contributed by atoms with Crippen molar-refractivity contribution in [2.45, 2.75) is 12.8 Å². The standard InChI is InChI=1S/C12H10ClF2N3/c13-12-16-10-6-9(15)8(14)5-7(10)11(17-12)18-3-1-2-4-18/h5-6H,1-4H2. The molecular weight excluding hydrogens is 260 g/mol. The molecule has 1 aliphatic rings. The van der Waals surface area contributed by atoms with Gasteiger partial charge in [0, 0.05) is 24.5 Å². The number of rotatable bonds is 1. The summed E-state index contributed by atoms with van der Waals surface area (Å²) in [6.45, 7) is 1.70. The van der Waals surface area contributed by atoms with E-state index < -0.39 is 11.6 Å².